The molecule has 1 heterocycles. The maximum absolute atomic E-state index is 13.4. The van der Waals surface area contributed by atoms with Gasteiger partial charge >= 0.3 is 5.97 Å². The minimum absolute atomic E-state index is 0.0264. The van der Waals surface area contributed by atoms with E-state index in [4.69, 9.17) is 5.73 Å². The Bertz CT molecular complexity index is 1290. The fourth-order valence-corrected chi connectivity index (χ4v) is 3.81. The molecule has 0 saturated heterocycles. The lowest BCUT2D eigenvalue weighted by Crippen LogP contribution is -2.49. The van der Waals surface area contributed by atoms with Gasteiger partial charge in [-0.2, -0.15) is 0 Å². The normalized spacial score (nSPS) is 12.7. The molecule has 0 aliphatic carbocycles. The molecule has 0 aliphatic rings. The van der Waals surface area contributed by atoms with Crippen molar-refractivity contribution in [3.05, 3.63) is 60.5 Å². The minimum atomic E-state index is -1.44. The van der Waals surface area contributed by atoms with Gasteiger partial charge in [0.2, 0.25) is 17.7 Å². The fraction of sp³-hybridized carbons (Fsp3) is 0.269. The molecule has 3 aromatic rings. The number of halogens is 1. The number of aliphatic carboxylic acids is 1. The van der Waals surface area contributed by atoms with E-state index in [0.29, 0.717) is 16.6 Å². The number of amides is 3. The minimum Gasteiger partial charge on any atom is -0.481 e. The van der Waals surface area contributed by atoms with Crippen LogP contribution in [0.15, 0.2) is 54.7 Å². The van der Waals surface area contributed by atoms with Gasteiger partial charge < -0.3 is 21.5 Å². The molecule has 10 heteroatoms. The molecule has 188 valence electrons. The highest BCUT2D eigenvalue weighted by atomic mass is 19.1. The van der Waals surface area contributed by atoms with Gasteiger partial charge in [-0.25, -0.2) is 4.39 Å². The van der Waals surface area contributed by atoms with Crippen molar-refractivity contribution in [2.75, 3.05) is 5.32 Å². The Kier molecular flexibility index (Phi) is 8.31. The van der Waals surface area contributed by atoms with E-state index in [0.717, 1.165) is 11.1 Å². The van der Waals surface area contributed by atoms with Crippen molar-refractivity contribution < 1.29 is 28.7 Å². The fourth-order valence-electron chi connectivity index (χ4n) is 3.81. The molecule has 2 aromatic carbocycles. The van der Waals surface area contributed by atoms with E-state index in [1.807, 2.05) is 0 Å². The van der Waals surface area contributed by atoms with E-state index in [1.54, 1.807) is 56.4 Å². The number of anilines is 1. The zero-order chi connectivity index (χ0) is 26.4. The number of fused-ring (bicyclic) bond motifs is 1. The Hall–Kier alpha value is -4.34. The number of nitrogens with zero attached hydrogens (tertiary/aromatic N) is 1. The SMILES string of the molecule is CC(C)C[C@@H](C(N)=O)C(=O)N[C@@H](CC(=O)O)C(=O)Nc1ccc2nccc(-c3ccc(F)cc3)c2c1. The lowest BCUT2D eigenvalue weighted by Gasteiger charge is -2.21. The zero-order valence-corrected chi connectivity index (χ0v) is 19.8. The molecule has 0 fully saturated rings. The largest absolute Gasteiger partial charge is 0.481 e. The van der Waals surface area contributed by atoms with Crippen molar-refractivity contribution in [3.8, 4) is 11.1 Å². The summed E-state index contributed by atoms with van der Waals surface area (Å²) in [4.78, 5) is 53.0. The summed E-state index contributed by atoms with van der Waals surface area (Å²) in [7, 11) is 0. The van der Waals surface area contributed by atoms with Gasteiger partial charge in [0.05, 0.1) is 11.9 Å². The van der Waals surface area contributed by atoms with Gasteiger partial charge in [-0.05, 0) is 59.9 Å². The molecule has 0 bridgehead atoms. The van der Waals surface area contributed by atoms with Crippen LogP contribution >= 0.6 is 0 Å². The summed E-state index contributed by atoms with van der Waals surface area (Å²) >= 11 is 0. The van der Waals surface area contributed by atoms with Crippen LogP contribution in [-0.2, 0) is 19.2 Å². The third-order valence-electron chi connectivity index (χ3n) is 5.54. The summed E-state index contributed by atoms with van der Waals surface area (Å²) in [6.45, 7) is 3.61. The van der Waals surface area contributed by atoms with E-state index < -0.39 is 42.1 Å². The van der Waals surface area contributed by atoms with Crippen LogP contribution in [0, 0.1) is 17.7 Å². The van der Waals surface area contributed by atoms with Crippen molar-refractivity contribution in [1.82, 2.24) is 10.3 Å². The third-order valence-corrected chi connectivity index (χ3v) is 5.54. The summed E-state index contributed by atoms with van der Waals surface area (Å²) in [5, 5.41) is 14.9. The van der Waals surface area contributed by atoms with Crippen molar-refractivity contribution in [2.24, 2.45) is 17.6 Å². The lowest BCUT2D eigenvalue weighted by molar-refractivity contribution is -0.140. The van der Waals surface area contributed by atoms with Gasteiger partial charge in [0.25, 0.3) is 0 Å². The van der Waals surface area contributed by atoms with Crippen molar-refractivity contribution in [2.45, 2.75) is 32.7 Å². The molecule has 0 aliphatic heterocycles. The molecule has 0 unspecified atom stereocenters. The van der Waals surface area contributed by atoms with Gasteiger partial charge in [0.15, 0.2) is 0 Å². The highest BCUT2D eigenvalue weighted by Crippen LogP contribution is 2.29. The Morgan fingerprint density at radius 1 is 1.03 bits per heavy atom. The summed E-state index contributed by atoms with van der Waals surface area (Å²) in [6.07, 6.45) is 1.08. The van der Waals surface area contributed by atoms with Crippen LogP contribution in [0.3, 0.4) is 0 Å². The van der Waals surface area contributed by atoms with E-state index in [2.05, 4.69) is 15.6 Å². The summed E-state index contributed by atoms with van der Waals surface area (Å²) in [6, 6.07) is 11.2. The first-order valence-corrected chi connectivity index (χ1v) is 11.3. The number of aromatic nitrogens is 1. The number of hydrogen-bond donors (Lipinski definition) is 4. The average molecular weight is 495 g/mol. The maximum atomic E-state index is 13.4. The van der Waals surface area contributed by atoms with Crippen molar-refractivity contribution >= 4 is 40.3 Å². The summed E-state index contributed by atoms with van der Waals surface area (Å²) in [5.74, 6) is -5.34. The Balaban J connectivity index is 1.86. The highest BCUT2D eigenvalue weighted by Gasteiger charge is 2.31. The molecule has 2 atom stereocenters. The monoisotopic (exact) mass is 494 g/mol. The van der Waals surface area contributed by atoms with E-state index in [1.165, 1.54) is 12.1 Å². The average Bonchev–Trinajstić information content (AvgIpc) is 2.81. The number of nitrogens with two attached hydrogens (primary N) is 1. The highest BCUT2D eigenvalue weighted by molar-refractivity contribution is 6.05. The van der Waals surface area contributed by atoms with Crippen LogP contribution in [0.2, 0.25) is 0 Å². The molecular formula is C26H27FN4O5. The van der Waals surface area contributed by atoms with Gasteiger partial charge in [0.1, 0.15) is 17.8 Å². The predicted molar refractivity (Wildman–Crippen MR) is 132 cm³/mol. The van der Waals surface area contributed by atoms with E-state index >= 15 is 0 Å². The van der Waals surface area contributed by atoms with Gasteiger partial charge in [0, 0.05) is 17.3 Å². The Morgan fingerprint density at radius 2 is 1.72 bits per heavy atom. The maximum Gasteiger partial charge on any atom is 0.305 e. The predicted octanol–water partition coefficient (Wildman–Crippen LogP) is 3.09. The molecule has 0 spiro atoms. The second-order valence-electron chi connectivity index (χ2n) is 8.83. The third kappa shape index (κ3) is 6.62. The first-order valence-electron chi connectivity index (χ1n) is 11.3. The Labute approximate surface area is 206 Å². The quantitative estimate of drug-likeness (QED) is 0.318. The smallest absolute Gasteiger partial charge is 0.305 e. The number of pyridine rings is 1. The van der Waals surface area contributed by atoms with Crippen molar-refractivity contribution in [1.29, 1.82) is 0 Å². The molecular weight excluding hydrogens is 467 g/mol. The lowest BCUT2D eigenvalue weighted by atomic mass is 9.95. The summed E-state index contributed by atoms with van der Waals surface area (Å²) in [5.41, 5.74) is 7.80. The van der Waals surface area contributed by atoms with Crippen LogP contribution in [0.1, 0.15) is 26.7 Å². The molecule has 0 saturated carbocycles. The van der Waals surface area contributed by atoms with Crippen LogP contribution in [0.5, 0.6) is 0 Å². The molecule has 0 radical (unpaired) electrons. The zero-order valence-electron chi connectivity index (χ0n) is 19.8. The molecule has 5 N–H and O–H groups in total. The number of carboxylic acids is 1. The second kappa shape index (κ2) is 11.4. The summed E-state index contributed by atoms with van der Waals surface area (Å²) < 4.78 is 13.4. The first-order chi connectivity index (χ1) is 17.0. The van der Waals surface area contributed by atoms with Crippen LogP contribution < -0.4 is 16.4 Å². The van der Waals surface area contributed by atoms with Gasteiger partial charge in [-0.1, -0.05) is 26.0 Å². The standard InChI is InChI=1S/C26H27FN4O5/c1-14(2)11-20(24(28)34)25(35)31-22(13-23(32)33)26(36)30-17-7-8-21-19(12-17)18(9-10-29-21)15-3-5-16(27)6-4-15/h3-10,12,14,20,22H,11,13H2,1-2H3,(H2,28,34)(H,30,36)(H,31,35)(H,32,33)/t20-,22-/m0/s1. The van der Waals surface area contributed by atoms with Crippen LogP contribution in [0.4, 0.5) is 10.1 Å². The number of carboxylic acid groups (broad SMARTS) is 1. The number of carbonyl (C=O) groups excluding carboxylic acids is 3. The molecule has 9 nitrogen and oxygen atoms in total. The molecule has 3 rings (SSSR count). The number of primary amides is 1. The van der Waals surface area contributed by atoms with E-state index in [9.17, 15) is 28.7 Å². The number of benzene rings is 2. The number of rotatable bonds is 10. The number of nitrogens with one attached hydrogen (secondary N) is 2. The number of carbonyl (C=O) groups is 4. The second-order valence-corrected chi connectivity index (χ2v) is 8.83. The van der Waals surface area contributed by atoms with Gasteiger partial charge in [-0.15, -0.1) is 0 Å². The molecule has 1 aromatic heterocycles. The van der Waals surface area contributed by atoms with Crippen molar-refractivity contribution in [3.63, 3.8) is 0 Å². The van der Waals surface area contributed by atoms with Crippen LogP contribution in [0.25, 0.3) is 22.0 Å². The van der Waals surface area contributed by atoms with Crippen LogP contribution in [-0.4, -0.2) is 39.8 Å². The first kappa shape index (κ1) is 26.3. The number of hydrogen-bond acceptors (Lipinski definition) is 5. The van der Waals surface area contributed by atoms with E-state index in [-0.39, 0.29) is 18.2 Å². The van der Waals surface area contributed by atoms with Gasteiger partial charge in [-0.3, -0.25) is 24.2 Å². The molecule has 36 heavy (non-hydrogen) atoms. The Morgan fingerprint density at radius 3 is 2.33 bits per heavy atom. The topological polar surface area (TPSA) is 151 Å². The molecule has 3 amide bonds.